The molecule has 0 fully saturated rings. The zero-order chi connectivity index (χ0) is 22.3. The molecule has 0 unspecified atom stereocenters. The first kappa shape index (κ1) is 21.8. The number of guanidine groups is 1. The number of pyridine rings is 1. The van der Waals surface area contributed by atoms with Crippen LogP contribution in [0.25, 0.3) is 10.9 Å². The number of para-hydroxylation sites is 2. The number of benzene rings is 3. The minimum Gasteiger partial charge on any atom is -0.744 e. The van der Waals surface area contributed by atoms with Gasteiger partial charge >= 0.3 is 5.96 Å². The molecule has 0 spiro atoms. The second-order valence-electron chi connectivity index (χ2n) is 6.33. The Morgan fingerprint density at radius 2 is 1.58 bits per heavy atom. The van der Waals surface area contributed by atoms with Gasteiger partial charge in [-0.25, -0.2) is 18.7 Å². The topological polar surface area (TPSA) is 142 Å². The highest BCUT2D eigenvalue weighted by molar-refractivity contribution is 7.86. The molecular formula is C22H20N4O4S. The average Bonchev–Trinajstić information content (AvgIpc) is 2.75. The highest BCUT2D eigenvalue weighted by atomic mass is 32.2. The second kappa shape index (κ2) is 9.70. The molecule has 0 saturated heterocycles. The first-order valence-electron chi connectivity index (χ1n) is 9.14. The van der Waals surface area contributed by atoms with Gasteiger partial charge in [0.05, 0.1) is 16.3 Å². The fourth-order valence-electron chi connectivity index (χ4n) is 2.73. The van der Waals surface area contributed by atoms with E-state index in [1.54, 1.807) is 0 Å². The first-order valence-corrected chi connectivity index (χ1v) is 10.5. The number of fused-ring (bicyclic) bond motifs is 1. The van der Waals surface area contributed by atoms with Crippen LogP contribution in [-0.2, 0) is 10.1 Å². The van der Waals surface area contributed by atoms with E-state index in [0.717, 1.165) is 23.5 Å². The monoisotopic (exact) mass is 436 g/mol. The molecule has 9 heteroatoms. The molecule has 0 radical (unpaired) electrons. The van der Waals surface area contributed by atoms with Crippen molar-refractivity contribution < 1.29 is 23.1 Å². The van der Waals surface area contributed by atoms with Crippen molar-refractivity contribution in [3.63, 3.8) is 0 Å². The Morgan fingerprint density at radius 3 is 2.23 bits per heavy atom. The SMILES string of the molecule is NC(Nc1ccccc1)=[NH+]c1ccccc1.O=S(=O)([O-])c1ccc(O)c2ncccc12. The Hall–Kier alpha value is -3.95. The van der Waals surface area contributed by atoms with Gasteiger partial charge in [0.1, 0.15) is 21.4 Å². The standard InChI is InChI=1S/C13H13N3.C9H7NO4S/c14-13(15-11-7-3-1-4-8-11)16-12-9-5-2-6-10-12;11-7-3-4-8(15(12,13)14)6-2-1-5-10-9(6)7/h1-10H,(H3,14,15,16);1-5,11H,(H,12,13,14). The molecule has 0 amide bonds. The van der Waals surface area contributed by atoms with E-state index in [0.29, 0.717) is 5.96 Å². The Kier molecular flexibility index (Phi) is 6.81. The summed E-state index contributed by atoms with van der Waals surface area (Å²) in [5, 5.41) is 12.6. The number of nitrogens with two attached hydrogens (primary N) is 1. The van der Waals surface area contributed by atoms with Crippen LogP contribution in [0, 0.1) is 0 Å². The van der Waals surface area contributed by atoms with Crippen LogP contribution in [0.4, 0.5) is 11.4 Å². The third-order valence-electron chi connectivity index (χ3n) is 4.08. The van der Waals surface area contributed by atoms with Crippen LogP contribution in [0.3, 0.4) is 0 Å². The van der Waals surface area contributed by atoms with Gasteiger partial charge in [0.2, 0.25) is 0 Å². The number of aromatic hydroxyl groups is 1. The molecule has 3 aromatic carbocycles. The summed E-state index contributed by atoms with van der Waals surface area (Å²) in [6.07, 6.45) is 1.41. The van der Waals surface area contributed by atoms with Crippen molar-refractivity contribution in [2.24, 2.45) is 5.73 Å². The Bertz CT molecular complexity index is 1300. The third-order valence-corrected chi connectivity index (χ3v) is 4.98. The summed E-state index contributed by atoms with van der Waals surface area (Å²) in [5.74, 6) is 0.357. The number of nitrogens with one attached hydrogen (secondary N) is 2. The normalized spacial score (nSPS) is 11.5. The van der Waals surface area contributed by atoms with E-state index in [-0.39, 0.29) is 21.5 Å². The molecule has 1 aromatic heterocycles. The Balaban J connectivity index is 0.000000176. The van der Waals surface area contributed by atoms with Crippen LogP contribution in [-0.4, -0.2) is 29.0 Å². The van der Waals surface area contributed by atoms with Crippen molar-refractivity contribution in [2.75, 3.05) is 5.32 Å². The van der Waals surface area contributed by atoms with Gasteiger partial charge in [-0.15, -0.1) is 0 Å². The van der Waals surface area contributed by atoms with Gasteiger partial charge in [0.25, 0.3) is 0 Å². The van der Waals surface area contributed by atoms with Crippen LogP contribution >= 0.6 is 0 Å². The van der Waals surface area contributed by atoms with Gasteiger partial charge in [0.15, 0.2) is 0 Å². The van der Waals surface area contributed by atoms with Crippen molar-refractivity contribution in [3.05, 3.63) is 91.1 Å². The molecule has 0 saturated carbocycles. The zero-order valence-corrected chi connectivity index (χ0v) is 17.1. The van der Waals surface area contributed by atoms with E-state index >= 15 is 0 Å². The number of anilines is 1. The van der Waals surface area contributed by atoms with E-state index in [9.17, 15) is 18.1 Å². The number of rotatable bonds is 3. The van der Waals surface area contributed by atoms with Gasteiger partial charge in [0, 0.05) is 11.6 Å². The van der Waals surface area contributed by atoms with E-state index in [1.807, 2.05) is 60.7 Å². The second-order valence-corrected chi connectivity index (χ2v) is 7.68. The summed E-state index contributed by atoms with van der Waals surface area (Å²) in [4.78, 5) is 6.50. The molecule has 158 valence electrons. The lowest BCUT2D eigenvalue weighted by Gasteiger charge is -2.10. The molecule has 0 bridgehead atoms. The van der Waals surface area contributed by atoms with Gasteiger partial charge in [-0.3, -0.25) is 10.7 Å². The van der Waals surface area contributed by atoms with Crippen LogP contribution < -0.4 is 16.0 Å². The average molecular weight is 436 g/mol. The van der Waals surface area contributed by atoms with Gasteiger partial charge in [-0.05, 0) is 48.5 Å². The molecule has 4 aromatic rings. The lowest BCUT2D eigenvalue weighted by atomic mass is 10.2. The van der Waals surface area contributed by atoms with Crippen molar-refractivity contribution in [1.82, 2.24) is 4.98 Å². The van der Waals surface area contributed by atoms with Crippen LogP contribution in [0.5, 0.6) is 5.75 Å². The van der Waals surface area contributed by atoms with Crippen molar-refractivity contribution >= 4 is 38.4 Å². The minimum atomic E-state index is -4.55. The minimum absolute atomic E-state index is 0.106. The van der Waals surface area contributed by atoms with Crippen molar-refractivity contribution in [2.45, 2.75) is 4.90 Å². The number of hydrogen-bond acceptors (Lipinski definition) is 5. The highest BCUT2D eigenvalue weighted by Gasteiger charge is 2.10. The van der Waals surface area contributed by atoms with Crippen molar-refractivity contribution in [1.29, 1.82) is 0 Å². The number of phenols is 1. The van der Waals surface area contributed by atoms with E-state index < -0.39 is 10.1 Å². The Labute approximate surface area is 179 Å². The molecule has 0 aliphatic heterocycles. The Morgan fingerprint density at radius 1 is 0.935 bits per heavy atom. The largest absolute Gasteiger partial charge is 0.744 e. The summed E-state index contributed by atoms with van der Waals surface area (Å²) in [5.41, 5.74) is 7.86. The summed E-state index contributed by atoms with van der Waals surface area (Å²) in [6.45, 7) is 0. The van der Waals surface area contributed by atoms with E-state index in [4.69, 9.17) is 5.73 Å². The smallest absolute Gasteiger partial charge is 0.350 e. The van der Waals surface area contributed by atoms with E-state index in [1.165, 1.54) is 18.3 Å². The molecule has 0 aliphatic carbocycles. The lowest BCUT2D eigenvalue weighted by Crippen LogP contribution is -2.71. The highest BCUT2D eigenvalue weighted by Crippen LogP contribution is 2.27. The number of phenolic OH excluding ortho intramolecular Hbond substituents is 1. The predicted octanol–water partition coefficient (Wildman–Crippen LogP) is 1.67. The van der Waals surface area contributed by atoms with Crippen LogP contribution in [0.2, 0.25) is 0 Å². The molecule has 31 heavy (non-hydrogen) atoms. The van der Waals surface area contributed by atoms with Gasteiger partial charge in [-0.1, -0.05) is 36.4 Å². The maximum Gasteiger partial charge on any atom is 0.350 e. The first-order chi connectivity index (χ1) is 14.8. The van der Waals surface area contributed by atoms with Crippen LogP contribution in [0.15, 0.2) is 96.0 Å². The van der Waals surface area contributed by atoms with E-state index in [2.05, 4.69) is 15.3 Å². The zero-order valence-electron chi connectivity index (χ0n) is 16.3. The molecule has 0 aliphatic rings. The van der Waals surface area contributed by atoms with Crippen molar-refractivity contribution in [3.8, 4) is 5.75 Å². The lowest BCUT2D eigenvalue weighted by molar-refractivity contribution is -0.354. The number of nitrogens with zero attached hydrogens (tertiary/aromatic N) is 1. The quantitative estimate of drug-likeness (QED) is 0.217. The fourth-order valence-corrected chi connectivity index (χ4v) is 3.40. The fraction of sp³-hybridized carbons (Fsp3) is 0. The molecule has 5 N–H and O–H groups in total. The number of hydrogen-bond donors (Lipinski definition) is 4. The third kappa shape index (κ3) is 6.01. The summed E-state index contributed by atoms with van der Waals surface area (Å²) in [6, 6.07) is 24.7. The van der Waals surface area contributed by atoms with Gasteiger partial charge in [-0.2, -0.15) is 0 Å². The van der Waals surface area contributed by atoms with Gasteiger partial charge < -0.3 is 9.66 Å². The molecule has 0 atom stereocenters. The molecular weight excluding hydrogens is 416 g/mol. The molecule has 8 nitrogen and oxygen atoms in total. The summed E-state index contributed by atoms with van der Waals surface area (Å²) >= 11 is 0. The molecule has 1 heterocycles. The molecule has 4 rings (SSSR count). The van der Waals surface area contributed by atoms with Crippen LogP contribution in [0.1, 0.15) is 0 Å². The maximum absolute atomic E-state index is 10.9. The number of aromatic nitrogens is 1. The summed E-state index contributed by atoms with van der Waals surface area (Å²) < 4.78 is 32.7. The maximum atomic E-state index is 10.9. The predicted molar refractivity (Wildman–Crippen MR) is 118 cm³/mol. The summed E-state index contributed by atoms with van der Waals surface area (Å²) in [7, 11) is -4.55.